The highest BCUT2D eigenvalue weighted by atomic mass is 16.7. The molecule has 4 fully saturated rings. The Labute approximate surface area is 159 Å². The van der Waals surface area contributed by atoms with E-state index in [1.54, 1.807) is 6.92 Å². The lowest BCUT2D eigenvalue weighted by atomic mass is 9.46. The Morgan fingerprint density at radius 2 is 1.93 bits per heavy atom. The standard InChI is InChI=1S/C21H26N2O4/c1-13(24)23-21-8-14-5-15(9-21)7-20(6-14,11-21)19(25)22-10-16-3-2-4-17-18(16)27-12-26-17/h2-4,14-15H,5-12H2,1H3,(H,22,25)(H,23,24)/t14-,15+,20?,21?. The molecule has 4 saturated carbocycles. The summed E-state index contributed by atoms with van der Waals surface area (Å²) >= 11 is 0. The monoisotopic (exact) mass is 370 g/mol. The largest absolute Gasteiger partial charge is 0.454 e. The van der Waals surface area contributed by atoms with Crippen LogP contribution in [0.15, 0.2) is 18.2 Å². The Morgan fingerprint density at radius 1 is 1.15 bits per heavy atom. The summed E-state index contributed by atoms with van der Waals surface area (Å²) in [5, 5.41) is 6.39. The average molecular weight is 370 g/mol. The highest BCUT2D eigenvalue weighted by molar-refractivity contribution is 5.84. The SMILES string of the molecule is CC(=O)NC12C[C@H]3C[C@@H](C1)CC(C(=O)NCc1cccc4c1OCO4)(C3)C2. The smallest absolute Gasteiger partial charge is 0.231 e. The van der Waals surface area contributed by atoms with Gasteiger partial charge in [0.05, 0.1) is 5.41 Å². The van der Waals surface area contributed by atoms with E-state index in [1.807, 2.05) is 18.2 Å². The van der Waals surface area contributed by atoms with Crippen molar-refractivity contribution in [2.75, 3.05) is 6.79 Å². The van der Waals surface area contributed by atoms with E-state index in [0.717, 1.165) is 49.2 Å². The third-order valence-corrected chi connectivity index (χ3v) is 6.90. The zero-order valence-electron chi connectivity index (χ0n) is 15.7. The van der Waals surface area contributed by atoms with Gasteiger partial charge in [-0.1, -0.05) is 12.1 Å². The first-order chi connectivity index (χ1) is 13.0. The molecule has 5 aliphatic rings. The van der Waals surface area contributed by atoms with Crippen LogP contribution in [0.3, 0.4) is 0 Å². The number of para-hydroxylation sites is 1. The van der Waals surface area contributed by atoms with Gasteiger partial charge in [-0.25, -0.2) is 0 Å². The molecule has 0 radical (unpaired) electrons. The maximum absolute atomic E-state index is 13.3. The summed E-state index contributed by atoms with van der Waals surface area (Å²) in [6.45, 7) is 2.26. The minimum Gasteiger partial charge on any atom is -0.454 e. The van der Waals surface area contributed by atoms with Crippen LogP contribution in [0.5, 0.6) is 11.5 Å². The van der Waals surface area contributed by atoms with Crippen molar-refractivity contribution in [2.45, 2.75) is 57.5 Å². The van der Waals surface area contributed by atoms with Crippen molar-refractivity contribution in [1.82, 2.24) is 10.6 Å². The van der Waals surface area contributed by atoms with Gasteiger partial charge in [-0.2, -0.15) is 0 Å². The van der Waals surface area contributed by atoms with Gasteiger partial charge in [-0.05, 0) is 56.4 Å². The van der Waals surface area contributed by atoms with E-state index in [9.17, 15) is 9.59 Å². The average Bonchev–Trinajstić information content (AvgIpc) is 3.06. The minimum atomic E-state index is -0.345. The second kappa shape index (κ2) is 5.88. The molecule has 6 rings (SSSR count). The van der Waals surface area contributed by atoms with Crippen LogP contribution < -0.4 is 20.1 Å². The quantitative estimate of drug-likeness (QED) is 0.854. The first-order valence-electron chi connectivity index (χ1n) is 9.92. The number of amides is 2. The molecule has 1 aromatic carbocycles. The molecule has 144 valence electrons. The lowest BCUT2D eigenvalue weighted by Crippen LogP contribution is -2.65. The fourth-order valence-electron chi connectivity index (χ4n) is 6.54. The number of ether oxygens (including phenoxy) is 2. The fourth-order valence-corrected chi connectivity index (χ4v) is 6.54. The maximum Gasteiger partial charge on any atom is 0.231 e. The van der Waals surface area contributed by atoms with Crippen LogP contribution >= 0.6 is 0 Å². The molecule has 4 aliphatic carbocycles. The number of hydrogen-bond acceptors (Lipinski definition) is 4. The summed E-state index contributed by atoms with van der Waals surface area (Å²) in [5.41, 5.74) is 0.416. The lowest BCUT2D eigenvalue weighted by molar-refractivity contribution is -0.153. The number of benzene rings is 1. The van der Waals surface area contributed by atoms with Crippen LogP contribution in [-0.4, -0.2) is 24.1 Å². The molecule has 0 spiro atoms. The van der Waals surface area contributed by atoms with Crippen molar-refractivity contribution in [3.05, 3.63) is 23.8 Å². The van der Waals surface area contributed by atoms with Gasteiger partial charge in [0.1, 0.15) is 0 Å². The summed E-state index contributed by atoms with van der Waals surface area (Å²) in [7, 11) is 0. The van der Waals surface area contributed by atoms with E-state index in [-0.39, 0.29) is 29.6 Å². The van der Waals surface area contributed by atoms with Gasteiger partial charge in [-0.15, -0.1) is 0 Å². The van der Waals surface area contributed by atoms with E-state index < -0.39 is 0 Å². The number of carbonyl (C=O) groups excluding carboxylic acids is 2. The first kappa shape index (κ1) is 16.9. The third kappa shape index (κ3) is 2.77. The third-order valence-electron chi connectivity index (χ3n) is 6.90. The molecule has 2 amide bonds. The Bertz CT molecular complexity index is 791. The fraction of sp³-hybridized carbons (Fsp3) is 0.619. The zero-order valence-corrected chi connectivity index (χ0v) is 15.7. The number of rotatable bonds is 4. The van der Waals surface area contributed by atoms with E-state index >= 15 is 0 Å². The Morgan fingerprint density at radius 3 is 2.67 bits per heavy atom. The molecule has 1 heterocycles. The highest BCUT2D eigenvalue weighted by Gasteiger charge is 2.60. The molecule has 0 aromatic heterocycles. The van der Waals surface area contributed by atoms with Crippen LogP contribution in [0, 0.1) is 17.3 Å². The summed E-state index contributed by atoms with van der Waals surface area (Å²) in [6.07, 6.45) is 5.91. The Kier molecular flexibility index (Phi) is 3.68. The van der Waals surface area contributed by atoms with Crippen molar-refractivity contribution in [3.8, 4) is 11.5 Å². The van der Waals surface area contributed by atoms with Gasteiger partial charge < -0.3 is 20.1 Å². The van der Waals surface area contributed by atoms with Crippen LogP contribution in [0.4, 0.5) is 0 Å². The van der Waals surface area contributed by atoms with Crippen molar-refractivity contribution in [1.29, 1.82) is 0 Å². The topological polar surface area (TPSA) is 76.7 Å². The van der Waals surface area contributed by atoms with Gasteiger partial charge in [-0.3, -0.25) is 9.59 Å². The molecular formula is C21H26N2O4. The van der Waals surface area contributed by atoms with Crippen molar-refractivity contribution >= 4 is 11.8 Å². The van der Waals surface area contributed by atoms with Gasteiger partial charge in [0, 0.05) is 24.6 Å². The van der Waals surface area contributed by atoms with Crippen LogP contribution in [0.25, 0.3) is 0 Å². The Hall–Kier alpha value is -2.24. The second-order valence-electron chi connectivity index (χ2n) is 9.04. The van der Waals surface area contributed by atoms with E-state index in [2.05, 4.69) is 10.6 Å². The molecule has 6 nitrogen and oxygen atoms in total. The number of nitrogens with one attached hydrogen (secondary N) is 2. The van der Waals surface area contributed by atoms with Gasteiger partial charge >= 0.3 is 0 Å². The molecule has 6 heteroatoms. The van der Waals surface area contributed by atoms with Crippen LogP contribution in [0.2, 0.25) is 0 Å². The van der Waals surface area contributed by atoms with E-state index in [0.29, 0.717) is 18.4 Å². The highest BCUT2D eigenvalue weighted by Crippen LogP contribution is 2.61. The maximum atomic E-state index is 13.3. The van der Waals surface area contributed by atoms with Gasteiger partial charge in [0.15, 0.2) is 11.5 Å². The summed E-state index contributed by atoms with van der Waals surface area (Å²) in [6, 6.07) is 5.77. The lowest BCUT2D eigenvalue weighted by Gasteiger charge is -2.61. The van der Waals surface area contributed by atoms with Crippen molar-refractivity contribution < 1.29 is 19.1 Å². The first-order valence-corrected chi connectivity index (χ1v) is 9.92. The molecule has 27 heavy (non-hydrogen) atoms. The molecule has 0 saturated heterocycles. The molecular weight excluding hydrogens is 344 g/mol. The van der Waals surface area contributed by atoms with Crippen molar-refractivity contribution in [2.24, 2.45) is 17.3 Å². The number of carbonyl (C=O) groups is 2. The molecule has 1 aromatic rings. The minimum absolute atomic E-state index is 0.0181. The second-order valence-corrected chi connectivity index (χ2v) is 9.04. The normalized spacial score (nSPS) is 35.1. The van der Waals surface area contributed by atoms with Crippen LogP contribution in [0.1, 0.15) is 51.0 Å². The summed E-state index contributed by atoms with van der Waals surface area (Å²) in [4.78, 5) is 25.1. The summed E-state index contributed by atoms with van der Waals surface area (Å²) < 4.78 is 11.0. The molecule has 2 unspecified atom stereocenters. The molecule has 2 N–H and O–H groups in total. The van der Waals surface area contributed by atoms with E-state index in [4.69, 9.17) is 9.47 Å². The zero-order chi connectivity index (χ0) is 18.6. The number of hydrogen-bond donors (Lipinski definition) is 2. The van der Waals surface area contributed by atoms with Gasteiger partial charge in [0.25, 0.3) is 0 Å². The Balaban J connectivity index is 1.34. The van der Waals surface area contributed by atoms with E-state index in [1.165, 1.54) is 6.42 Å². The van der Waals surface area contributed by atoms with Crippen molar-refractivity contribution in [3.63, 3.8) is 0 Å². The predicted molar refractivity (Wildman–Crippen MR) is 98.1 cm³/mol. The molecule has 4 bridgehead atoms. The van der Waals surface area contributed by atoms with Crippen LogP contribution in [-0.2, 0) is 16.1 Å². The van der Waals surface area contributed by atoms with Gasteiger partial charge in [0.2, 0.25) is 18.6 Å². The molecule has 4 atom stereocenters. The number of fused-ring (bicyclic) bond motifs is 1. The molecule has 1 aliphatic heterocycles. The predicted octanol–water partition coefficient (Wildman–Crippen LogP) is 2.51. The summed E-state index contributed by atoms with van der Waals surface area (Å²) in [5.74, 6) is 2.70.